The lowest BCUT2D eigenvalue weighted by Crippen LogP contribution is -2.15. The van der Waals surface area contributed by atoms with Crippen LogP contribution in [0.2, 0.25) is 0 Å². The zero-order valence-electron chi connectivity index (χ0n) is 13.2. The quantitative estimate of drug-likeness (QED) is 0.653. The van der Waals surface area contributed by atoms with E-state index in [9.17, 15) is 4.79 Å². The van der Waals surface area contributed by atoms with E-state index in [4.69, 9.17) is 0 Å². The average Bonchev–Trinajstić information content (AvgIpc) is 2.30. The van der Waals surface area contributed by atoms with Crippen molar-refractivity contribution < 1.29 is 4.79 Å². The van der Waals surface area contributed by atoms with Gasteiger partial charge in [-0.15, -0.1) is 0 Å². The maximum absolute atomic E-state index is 11.0. The van der Waals surface area contributed by atoms with Crippen LogP contribution in [0.3, 0.4) is 0 Å². The van der Waals surface area contributed by atoms with Crippen LogP contribution in [-0.4, -0.2) is 6.29 Å². The predicted octanol–water partition coefficient (Wildman–Crippen LogP) is 5.25. The highest BCUT2D eigenvalue weighted by Gasteiger charge is 2.19. The molecule has 0 aromatic heterocycles. The Kier molecular flexibility index (Phi) is 6.31. The molecular weight excluding hydrogens is 220 g/mol. The van der Waals surface area contributed by atoms with E-state index in [1.165, 1.54) is 16.7 Å². The van der Waals surface area contributed by atoms with Crippen LogP contribution in [0.4, 0.5) is 0 Å². The van der Waals surface area contributed by atoms with Gasteiger partial charge in [0, 0.05) is 5.56 Å². The largest absolute Gasteiger partial charge is 0.298 e. The Morgan fingerprint density at radius 1 is 1.11 bits per heavy atom. The van der Waals surface area contributed by atoms with Crippen LogP contribution in [0.1, 0.15) is 81.4 Å². The first-order chi connectivity index (χ1) is 8.27. The summed E-state index contributed by atoms with van der Waals surface area (Å²) < 4.78 is 0. The fraction of sp³-hybridized carbons (Fsp3) is 0.588. The Morgan fingerprint density at radius 3 is 1.94 bits per heavy atom. The van der Waals surface area contributed by atoms with Gasteiger partial charge in [-0.05, 0) is 47.1 Å². The molecule has 0 amide bonds. The van der Waals surface area contributed by atoms with E-state index >= 15 is 0 Å². The molecule has 1 aromatic rings. The summed E-state index contributed by atoms with van der Waals surface area (Å²) in [6.45, 7) is 17.1. The normalized spacial score (nSPS) is 10.9. The van der Waals surface area contributed by atoms with E-state index < -0.39 is 0 Å². The molecule has 0 N–H and O–H groups in total. The second-order valence-electron chi connectivity index (χ2n) is 5.81. The van der Waals surface area contributed by atoms with Crippen LogP contribution in [-0.2, 0) is 5.41 Å². The third-order valence-electron chi connectivity index (χ3n) is 3.04. The molecule has 0 unspecified atom stereocenters. The summed E-state index contributed by atoms with van der Waals surface area (Å²) >= 11 is 0. The molecule has 0 spiro atoms. The van der Waals surface area contributed by atoms with Gasteiger partial charge >= 0.3 is 0 Å². The molecule has 1 heteroatoms. The monoisotopic (exact) mass is 248 g/mol. The molecule has 1 aromatic carbocycles. The van der Waals surface area contributed by atoms with Crippen molar-refractivity contribution in [2.45, 2.75) is 66.7 Å². The van der Waals surface area contributed by atoms with Crippen LogP contribution in [0.15, 0.2) is 12.1 Å². The number of carbonyl (C=O) groups is 1. The van der Waals surface area contributed by atoms with Gasteiger partial charge < -0.3 is 0 Å². The second-order valence-corrected chi connectivity index (χ2v) is 5.81. The first-order valence-corrected chi connectivity index (χ1v) is 6.87. The Labute approximate surface area is 113 Å². The lowest BCUT2D eigenvalue weighted by Gasteiger charge is -2.25. The molecule has 0 aliphatic heterocycles. The lowest BCUT2D eigenvalue weighted by molar-refractivity contribution is 0.112. The molecule has 1 rings (SSSR count). The maximum atomic E-state index is 11.0. The number of benzene rings is 1. The van der Waals surface area contributed by atoms with E-state index in [-0.39, 0.29) is 5.41 Å². The first kappa shape index (κ1) is 16.9. The molecule has 0 saturated carbocycles. The van der Waals surface area contributed by atoms with Crippen LogP contribution >= 0.6 is 0 Å². The topological polar surface area (TPSA) is 17.1 Å². The van der Waals surface area contributed by atoms with E-state index in [0.717, 1.165) is 11.8 Å². The van der Waals surface area contributed by atoms with Gasteiger partial charge in [-0.3, -0.25) is 4.79 Å². The van der Waals surface area contributed by atoms with Gasteiger partial charge in [-0.1, -0.05) is 48.5 Å². The molecule has 0 heterocycles. The highest BCUT2D eigenvalue weighted by Crippen LogP contribution is 2.31. The number of carbonyl (C=O) groups excluding carboxylic acids is 1. The Hall–Kier alpha value is -1.11. The smallest absolute Gasteiger partial charge is 0.150 e. The van der Waals surface area contributed by atoms with E-state index in [0.29, 0.717) is 5.92 Å². The average molecular weight is 248 g/mol. The summed E-state index contributed by atoms with van der Waals surface area (Å²) in [5.74, 6) is 0.459. The zero-order chi connectivity index (χ0) is 14.5. The van der Waals surface area contributed by atoms with E-state index in [1.54, 1.807) is 0 Å². The predicted molar refractivity (Wildman–Crippen MR) is 80.7 cm³/mol. The van der Waals surface area contributed by atoms with Gasteiger partial charge in [-0.2, -0.15) is 0 Å². The Morgan fingerprint density at radius 2 is 1.61 bits per heavy atom. The standard InChI is InChI=1S/C15H22O.C2H6/c1-10(2)13-7-12(9-16)8-14(11(13)3)15(4,5)6;1-2/h7-10H,1-6H3;1-2H3. The molecule has 18 heavy (non-hydrogen) atoms. The van der Waals surface area contributed by atoms with E-state index in [1.807, 2.05) is 26.0 Å². The Balaban J connectivity index is 0.00000137. The van der Waals surface area contributed by atoms with Crippen LogP contribution < -0.4 is 0 Å². The van der Waals surface area contributed by atoms with Crippen molar-refractivity contribution in [3.63, 3.8) is 0 Å². The fourth-order valence-electron chi connectivity index (χ4n) is 2.21. The van der Waals surface area contributed by atoms with Gasteiger partial charge in [0.25, 0.3) is 0 Å². The summed E-state index contributed by atoms with van der Waals surface area (Å²) in [4.78, 5) is 11.0. The van der Waals surface area contributed by atoms with Gasteiger partial charge in [-0.25, -0.2) is 0 Å². The van der Waals surface area contributed by atoms with Crippen molar-refractivity contribution in [3.05, 3.63) is 34.4 Å². The summed E-state index contributed by atoms with van der Waals surface area (Å²) in [7, 11) is 0. The summed E-state index contributed by atoms with van der Waals surface area (Å²) in [6.07, 6.45) is 0.945. The van der Waals surface area contributed by atoms with Crippen molar-refractivity contribution in [1.82, 2.24) is 0 Å². The van der Waals surface area contributed by atoms with Crippen LogP contribution in [0.5, 0.6) is 0 Å². The van der Waals surface area contributed by atoms with Crippen molar-refractivity contribution in [3.8, 4) is 0 Å². The summed E-state index contributed by atoms with van der Waals surface area (Å²) in [5, 5.41) is 0. The third kappa shape index (κ3) is 3.97. The number of hydrogen-bond acceptors (Lipinski definition) is 1. The highest BCUT2D eigenvalue weighted by atomic mass is 16.1. The van der Waals surface area contributed by atoms with Gasteiger partial charge in [0.05, 0.1) is 0 Å². The third-order valence-corrected chi connectivity index (χ3v) is 3.04. The van der Waals surface area contributed by atoms with Crippen molar-refractivity contribution in [1.29, 1.82) is 0 Å². The molecule has 0 fully saturated rings. The minimum Gasteiger partial charge on any atom is -0.298 e. The van der Waals surface area contributed by atoms with Crippen molar-refractivity contribution in [2.24, 2.45) is 0 Å². The number of rotatable bonds is 2. The van der Waals surface area contributed by atoms with Crippen molar-refractivity contribution in [2.75, 3.05) is 0 Å². The first-order valence-electron chi connectivity index (χ1n) is 6.87. The second kappa shape index (κ2) is 6.72. The van der Waals surface area contributed by atoms with Gasteiger partial charge in [0.2, 0.25) is 0 Å². The maximum Gasteiger partial charge on any atom is 0.150 e. The molecule has 1 nitrogen and oxygen atoms in total. The molecule has 0 bridgehead atoms. The Bertz CT molecular complexity index is 395. The summed E-state index contributed by atoms with van der Waals surface area (Å²) in [6, 6.07) is 4.04. The zero-order valence-corrected chi connectivity index (χ0v) is 13.2. The minimum absolute atomic E-state index is 0.0900. The molecule has 102 valence electrons. The summed E-state index contributed by atoms with van der Waals surface area (Å²) in [5.41, 5.74) is 4.77. The lowest BCUT2D eigenvalue weighted by atomic mass is 9.80. The van der Waals surface area contributed by atoms with Crippen molar-refractivity contribution >= 4 is 6.29 Å². The van der Waals surface area contributed by atoms with Crippen LogP contribution in [0, 0.1) is 6.92 Å². The van der Waals surface area contributed by atoms with E-state index in [2.05, 4.69) is 41.5 Å². The van der Waals surface area contributed by atoms with Crippen LogP contribution in [0.25, 0.3) is 0 Å². The molecule has 0 radical (unpaired) electrons. The highest BCUT2D eigenvalue weighted by molar-refractivity contribution is 5.76. The number of aldehydes is 1. The molecule has 0 atom stereocenters. The van der Waals surface area contributed by atoms with Gasteiger partial charge in [0.1, 0.15) is 6.29 Å². The fourth-order valence-corrected chi connectivity index (χ4v) is 2.21. The molecular formula is C17H28O. The number of hydrogen-bond donors (Lipinski definition) is 0. The minimum atomic E-state index is 0.0900. The molecule has 0 aliphatic carbocycles. The SMILES string of the molecule is CC.Cc1c(C(C)C)cc(C=O)cc1C(C)(C)C. The molecule has 0 saturated heterocycles. The van der Waals surface area contributed by atoms with Gasteiger partial charge in [0.15, 0.2) is 0 Å². The molecule has 0 aliphatic rings.